The van der Waals surface area contributed by atoms with E-state index in [-0.39, 0.29) is 5.41 Å². The molecule has 1 atom stereocenters. The van der Waals surface area contributed by atoms with Crippen LogP contribution in [0.1, 0.15) is 40.2 Å². The third-order valence-corrected chi connectivity index (χ3v) is 3.65. The van der Waals surface area contributed by atoms with E-state index in [1.165, 1.54) is 0 Å². The van der Waals surface area contributed by atoms with Crippen molar-refractivity contribution in [2.45, 2.75) is 40.2 Å². The fraction of sp³-hybridized carbons (Fsp3) is 0.500. The van der Waals surface area contributed by atoms with E-state index in [0.717, 1.165) is 11.1 Å². The van der Waals surface area contributed by atoms with Gasteiger partial charge in [0.2, 0.25) is 0 Å². The standard InChI is InChI=1S/C16H24O2/c1-12(13-10-8-7-9-11-13)14(18-6)16(5,17)15(2,3)4/h7-11,17H,1-6H3/b14-12+. The second-order valence-electron chi connectivity index (χ2n) is 5.85. The Labute approximate surface area is 110 Å². The summed E-state index contributed by atoms with van der Waals surface area (Å²) in [4.78, 5) is 0. The Morgan fingerprint density at radius 1 is 1.06 bits per heavy atom. The van der Waals surface area contributed by atoms with Gasteiger partial charge in [-0.2, -0.15) is 0 Å². The SMILES string of the molecule is CO/C(=C(\C)c1ccccc1)C(C)(O)C(C)(C)C. The molecule has 0 bridgehead atoms. The first-order valence-corrected chi connectivity index (χ1v) is 6.25. The van der Waals surface area contributed by atoms with Gasteiger partial charge < -0.3 is 9.84 Å². The lowest BCUT2D eigenvalue weighted by molar-refractivity contribution is -0.0456. The molecule has 0 heterocycles. The summed E-state index contributed by atoms with van der Waals surface area (Å²) >= 11 is 0. The molecular formula is C16H24O2. The normalized spacial score (nSPS) is 16.8. The second-order valence-corrected chi connectivity index (χ2v) is 5.85. The van der Waals surface area contributed by atoms with Gasteiger partial charge in [-0.05, 0) is 30.4 Å². The van der Waals surface area contributed by atoms with Gasteiger partial charge in [-0.3, -0.25) is 0 Å². The van der Waals surface area contributed by atoms with Crippen LogP contribution in [0.4, 0.5) is 0 Å². The molecule has 1 aromatic rings. The van der Waals surface area contributed by atoms with E-state index in [2.05, 4.69) is 0 Å². The molecule has 18 heavy (non-hydrogen) atoms. The Morgan fingerprint density at radius 3 is 1.94 bits per heavy atom. The molecule has 0 aromatic heterocycles. The topological polar surface area (TPSA) is 29.5 Å². The Kier molecular flexibility index (Phi) is 4.23. The molecule has 100 valence electrons. The van der Waals surface area contributed by atoms with E-state index in [1.54, 1.807) is 14.0 Å². The molecule has 0 amide bonds. The highest BCUT2D eigenvalue weighted by atomic mass is 16.5. The first-order valence-electron chi connectivity index (χ1n) is 6.25. The van der Waals surface area contributed by atoms with Crippen LogP contribution in [0.2, 0.25) is 0 Å². The molecular weight excluding hydrogens is 224 g/mol. The van der Waals surface area contributed by atoms with Gasteiger partial charge in [-0.15, -0.1) is 0 Å². The minimum absolute atomic E-state index is 0.297. The van der Waals surface area contributed by atoms with Crippen molar-refractivity contribution in [3.63, 3.8) is 0 Å². The van der Waals surface area contributed by atoms with Crippen LogP contribution < -0.4 is 0 Å². The highest BCUT2D eigenvalue weighted by Crippen LogP contribution is 2.39. The number of methoxy groups -OCH3 is 1. The Morgan fingerprint density at radius 2 is 1.56 bits per heavy atom. The summed E-state index contributed by atoms with van der Waals surface area (Å²) in [5.41, 5.74) is 0.729. The lowest BCUT2D eigenvalue weighted by Crippen LogP contribution is -2.42. The zero-order valence-electron chi connectivity index (χ0n) is 12.2. The van der Waals surface area contributed by atoms with Gasteiger partial charge in [-0.1, -0.05) is 51.1 Å². The van der Waals surface area contributed by atoms with Gasteiger partial charge in [0.15, 0.2) is 0 Å². The molecule has 0 saturated carbocycles. The molecule has 1 rings (SSSR count). The second kappa shape index (κ2) is 5.15. The molecule has 1 unspecified atom stereocenters. The fourth-order valence-electron chi connectivity index (χ4n) is 1.88. The highest BCUT2D eigenvalue weighted by molar-refractivity contribution is 5.67. The van der Waals surface area contributed by atoms with Gasteiger partial charge in [0.25, 0.3) is 0 Å². The van der Waals surface area contributed by atoms with Crippen molar-refractivity contribution >= 4 is 5.57 Å². The van der Waals surface area contributed by atoms with Crippen LogP contribution in [0.3, 0.4) is 0 Å². The molecule has 0 aliphatic rings. The fourth-order valence-corrected chi connectivity index (χ4v) is 1.88. The molecule has 0 saturated heterocycles. The lowest BCUT2D eigenvalue weighted by Gasteiger charge is -2.39. The van der Waals surface area contributed by atoms with Gasteiger partial charge in [0.05, 0.1) is 7.11 Å². The van der Waals surface area contributed by atoms with Crippen molar-refractivity contribution in [3.05, 3.63) is 41.7 Å². The third-order valence-electron chi connectivity index (χ3n) is 3.65. The van der Waals surface area contributed by atoms with Crippen LogP contribution in [-0.4, -0.2) is 17.8 Å². The molecule has 1 N–H and O–H groups in total. The molecule has 0 spiro atoms. The summed E-state index contributed by atoms with van der Waals surface area (Å²) in [5.74, 6) is 0.626. The smallest absolute Gasteiger partial charge is 0.131 e. The van der Waals surface area contributed by atoms with Crippen LogP contribution in [0.15, 0.2) is 36.1 Å². The van der Waals surface area contributed by atoms with Crippen molar-refractivity contribution in [1.29, 1.82) is 0 Å². The molecule has 0 aliphatic heterocycles. The molecule has 0 aliphatic carbocycles. The number of benzene rings is 1. The lowest BCUT2D eigenvalue weighted by atomic mass is 9.75. The molecule has 2 heteroatoms. The number of aliphatic hydroxyl groups is 1. The van der Waals surface area contributed by atoms with Gasteiger partial charge >= 0.3 is 0 Å². The van der Waals surface area contributed by atoms with Crippen LogP contribution in [0.25, 0.3) is 5.57 Å². The van der Waals surface area contributed by atoms with E-state index in [0.29, 0.717) is 5.76 Å². The maximum atomic E-state index is 10.8. The predicted octanol–water partition coefficient (Wildman–Crippen LogP) is 3.86. The van der Waals surface area contributed by atoms with E-state index in [1.807, 2.05) is 58.0 Å². The number of ether oxygens (including phenoxy) is 1. The first kappa shape index (κ1) is 14.8. The average Bonchev–Trinajstić information content (AvgIpc) is 2.29. The van der Waals surface area contributed by atoms with Crippen molar-refractivity contribution in [3.8, 4) is 0 Å². The minimum atomic E-state index is -1.01. The van der Waals surface area contributed by atoms with Crippen LogP contribution in [-0.2, 0) is 4.74 Å². The zero-order chi connectivity index (χ0) is 14.0. The van der Waals surface area contributed by atoms with Crippen LogP contribution in [0.5, 0.6) is 0 Å². The van der Waals surface area contributed by atoms with Crippen molar-refractivity contribution in [1.82, 2.24) is 0 Å². The highest BCUT2D eigenvalue weighted by Gasteiger charge is 2.41. The average molecular weight is 248 g/mol. The quantitative estimate of drug-likeness (QED) is 0.823. The number of allylic oxidation sites excluding steroid dienone is 1. The molecule has 1 aromatic carbocycles. The summed E-state index contributed by atoms with van der Waals surface area (Å²) in [6.07, 6.45) is 0. The van der Waals surface area contributed by atoms with E-state index in [9.17, 15) is 5.11 Å². The monoisotopic (exact) mass is 248 g/mol. The van der Waals surface area contributed by atoms with Gasteiger partial charge in [-0.25, -0.2) is 0 Å². The number of rotatable bonds is 3. The summed E-state index contributed by atoms with van der Waals surface area (Å²) in [6, 6.07) is 9.99. The van der Waals surface area contributed by atoms with Crippen molar-refractivity contribution < 1.29 is 9.84 Å². The molecule has 0 fully saturated rings. The van der Waals surface area contributed by atoms with Crippen LogP contribution >= 0.6 is 0 Å². The van der Waals surface area contributed by atoms with E-state index >= 15 is 0 Å². The minimum Gasteiger partial charge on any atom is -0.498 e. The number of hydrogen-bond donors (Lipinski definition) is 1. The predicted molar refractivity (Wildman–Crippen MR) is 76.1 cm³/mol. The Balaban J connectivity index is 3.33. The summed E-state index contributed by atoms with van der Waals surface area (Å²) in [7, 11) is 1.61. The zero-order valence-corrected chi connectivity index (χ0v) is 12.2. The Bertz CT molecular complexity index is 422. The maximum absolute atomic E-state index is 10.8. The van der Waals surface area contributed by atoms with Crippen LogP contribution in [0, 0.1) is 5.41 Å². The summed E-state index contributed by atoms with van der Waals surface area (Å²) in [5, 5.41) is 10.8. The summed E-state index contributed by atoms with van der Waals surface area (Å²) < 4.78 is 5.49. The summed E-state index contributed by atoms with van der Waals surface area (Å²) in [6.45, 7) is 9.80. The van der Waals surface area contributed by atoms with Crippen molar-refractivity contribution in [2.24, 2.45) is 5.41 Å². The Hall–Kier alpha value is -1.28. The molecule has 0 radical (unpaired) electrons. The number of hydrogen-bond acceptors (Lipinski definition) is 2. The van der Waals surface area contributed by atoms with E-state index < -0.39 is 5.60 Å². The first-order chi connectivity index (χ1) is 8.21. The van der Waals surface area contributed by atoms with Gasteiger partial charge in [0.1, 0.15) is 11.4 Å². The molecule has 2 nitrogen and oxygen atoms in total. The van der Waals surface area contributed by atoms with Crippen molar-refractivity contribution in [2.75, 3.05) is 7.11 Å². The largest absolute Gasteiger partial charge is 0.498 e. The van der Waals surface area contributed by atoms with E-state index in [4.69, 9.17) is 4.74 Å². The third kappa shape index (κ3) is 2.75. The maximum Gasteiger partial charge on any atom is 0.131 e. The van der Waals surface area contributed by atoms with Gasteiger partial charge in [0, 0.05) is 0 Å².